The first-order valence-corrected chi connectivity index (χ1v) is 16.9. The molecule has 0 spiro atoms. The fourth-order valence-corrected chi connectivity index (χ4v) is 7.28. The van der Waals surface area contributed by atoms with Crippen LogP contribution in [0.1, 0.15) is 61.1 Å². The number of thiazole rings is 1. The van der Waals surface area contributed by atoms with Crippen LogP contribution in [0, 0.1) is 4.78 Å². The molecule has 0 aliphatic heterocycles. The molecule has 0 saturated carbocycles. The highest BCUT2D eigenvalue weighted by molar-refractivity contribution is 7.93. The molecule has 2 aliphatic rings. The van der Waals surface area contributed by atoms with Gasteiger partial charge in [-0.2, -0.15) is 0 Å². The number of aromatic nitrogens is 2. The van der Waals surface area contributed by atoms with Crippen LogP contribution in [0.5, 0.6) is 0 Å². The van der Waals surface area contributed by atoms with E-state index in [1.807, 2.05) is 0 Å². The van der Waals surface area contributed by atoms with Crippen molar-refractivity contribution in [3.05, 3.63) is 33.7 Å². The number of carbonyl (C=O) groups is 1. The zero-order chi connectivity index (χ0) is 31.1. The molecule has 0 saturated heterocycles. The molecular weight excluding hydrogens is 598 g/mol. The van der Waals surface area contributed by atoms with Gasteiger partial charge in [0.15, 0.2) is 9.92 Å². The number of nitrogens with zero attached hydrogens (tertiary/aromatic N) is 2. The molecule has 0 radical (unpaired) electrons. The number of urea groups is 1. The maximum atomic E-state index is 13.3. The van der Waals surface area contributed by atoms with Gasteiger partial charge in [0.05, 0.1) is 77.0 Å². The Morgan fingerprint density at radius 3 is 2.40 bits per heavy atom. The van der Waals surface area contributed by atoms with E-state index in [9.17, 15) is 14.1 Å². The first-order chi connectivity index (χ1) is 20.4. The Balaban J connectivity index is 1.25. The third-order valence-electron chi connectivity index (χ3n) is 7.40. The second kappa shape index (κ2) is 14.7. The van der Waals surface area contributed by atoms with Crippen LogP contribution in [0.4, 0.5) is 10.5 Å². The van der Waals surface area contributed by atoms with E-state index in [0.717, 1.165) is 71.6 Å². The second-order valence-corrected chi connectivity index (χ2v) is 14.5. The minimum atomic E-state index is -3.74. The number of anilines is 1. The Bertz CT molecular complexity index is 1360. The summed E-state index contributed by atoms with van der Waals surface area (Å²) in [5.41, 5.74) is 3.21. The maximum absolute atomic E-state index is 13.3. The maximum Gasteiger partial charge on any atom is 0.331 e. The zero-order valence-electron chi connectivity index (χ0n) is 25.0. The van der Waals surface area contributed by atoms with Crippen molar-refractivity contribution in [2.45, 2.75) is 68.1 Å². The standard InChI is InChI=1S/C28H43N5O8S2/c1-27(2)8-7-20-23(19-5-4-6-21(19)31-24(20)27)32-26(35)33-43(29,37)22-17-30-25(42-22)28(3,36)18-41-16-15-40-14-13-39-12-11-38-10-9-34/h17,34,36H,4-16,18H2,1-3H3,(H3,29,31,32,33,35,37). The van der Waals surface area contributed by atoms with Crippen LogP contribution in [0.25, 0.3) is 0 Å². The number of pyridine rings is 1. The molecule has 2 atom stereocenters. The highest BCUT2D eigenvalue weighted by Crippen LogP contribution is 2.44. The molecule has 0 aromatic carbocycles. The monoisotopic (exact) mass is 641 g/mol. The highest BCUT2D eigenvalue weighted by atomic mass is 32.2. The zero-order valence-corrected chi connectivity index (χ0v) is 26.7. The number of aliphatic hydroxyl groups is 2. The second-order valence-electron chi connectivity index (χ2n) is 11.5. The summed E-state index contributed by atoms with van der Waals surface area (Å²) in [4.78, 5) is 22.1. The fourth-order valence-electron chi connectivity index (χ4n) is 5.15. The van der Waals surface area contributed by atoms with Crippen molar-refractivity contribution in [2.75, 3.05) is 64.8 Å². The minimum absolute atomic E-state index is 0.0186. The molecule has 2 heterocycles. The van der Waals surface area contributed by atoms with Crippen molar-refractivity contribution in [3.8, 4) is 0 Å². The molecule has 240 valence electrons. The van der Waals surface area contributed by atoms with Gasteiger partial charge >= 0.3 is 6.03 Å². The molecule has 2 amide bonds. The van der Waals surface area contributed by atoms with E-state index in [1.54, 1.807) is 0 Å². The van der Waals surface area contributed by atoms with Crippen molar-refractivity contribution < 1.29 is 38.2 Å². The molecule has 4 rings (SSSR count). The number of carbonyl (C=O) groups excluding carboxylic acids is 1. The molecule has 2 aromatic heterocycles. The van der Waals surface area contributed by atoms with Gasteiger partial charge in [0.25, 0.3) is 0 Å². The topological polar surface area (TPSA) is 185 Å². The molecular formula is C28H43N5O8S2. The van der Waals surface area contributed by atoms with Crippen LogP contribution in [0.3, 0.4) is 0 Å². The predicted octanol–water partition coefficient (Wildman–Crippen LogP) is 2.66. The van der Waals surface area contributed by atoms with Crippen LogP contribution in [-0.2, 0) is 59.1 Å². The molecule has 15 heteroatoms. The lowest BCUT2D eigenvalue weighted by Gasteiger charge is -2.21. The largest absolute Gasteiger partial charge is 0.394 e. The number of hydrogen-bond acceptors (Lipinski definition) is 12. The lowest BCUT2D eigenvalue weighted by molar-refractivity contribution is -0.0561. The van der Waals surface area contributed by atoms with Gasteiger partial charge < -0.3 is 34.5 Å². The SMILES string of the molecule is CC1(C)CCc2c1nc1c(c2NC(=O)NS(=N)(=O)c2cnc(C(C)(O)COCCOCCOCCOCCO)s2)CCC1. The van der Waals surface area contributed by atoms with Gasteiger partial charge in [-0.1, -0.05) is 13.8 Å². The van der Waals surface area contributed by atoms with Gasteiger partial charge in [-0.25, -0.2) is 23.5 Å². The predicted molar refractivity (Wildman–Crippen MR) is 161 cm³/mol. The molecule has 5 N–H and O–H groups in total. The number of fused-ring (bicyclic) bond motifs is 2. The summed E-state index contributed by atoms with van der Waals surface area (Å²) < 4.78 is 45.4. The summed E-state index contributed by atoms with van der Waals surface area (Å²) >= 11 is 0.891. The van der Waals surface area contributed by atoms with E-state index < -0.39 is 21.5 Å². The van der Waals surface area contributed by atoms with Crippen molar-refractivity contribution >= 4 is 33.0 Å². The van der Waals surface area contributed by atoms with Gasteiger partial charge in [0.2, 0.25) is 0 Å². The molecule has 0 fully saturated rings. The van der Waals surface area contributed by atoms with E-state index in [2.05, 4.69) is 28.9 Å². The lowest BCUT2D eigenvalue weighted by atomic mass is 9.90. The van der Waals surface area contributed by atoms with E-state index in [4.69, 9.17) is 33.8 Å². The van der Waals surface area contributed by atoms with E-state index in [-0.39, 0.29) is 41.1 Å². The highest BCUT2D eigenvalue weighted by Gasteiger charge is 2.37. The molecule has 13 nitrogen and oxygen atoms in total. The Kier molecular flexibility index (Phi) is 11.5. The van der Waals surface area contributed by atoms with Crippen LogP contribution >= 0.6 is 11.3 Å². The fraction of sp³-hybridized carbons (Fsp3) is 0.679. The number of rotatable bonds is 17. The number of amides is 2. The number of aryl methyl sites for hydroxylation is 1. The first kappa shape index (κ1) is 33.6. The van der Waals surface area contributed by atoms with Crippen LogP contribution < -0.4 is 10.0 Å². The average Bonchev–Trinajstić information content (AvgIpc) is 3.69. The molecule has 2 unspecified atom stereocenters. The molecule has 2 aromatic rings. The molecule has 43 heavy (non-hydrogen) atoms. The molecule has 0 bridgehead atoms. The Morgan fingerprint density at radius 1 is 1.07 bits per heavy atom. The van der Waals surface area contributed by atoms with Crippen LogP contribution in [0.2, 0.25) is 0 Å². The van der Waals surface area contributed by atoms with Crippen molar-refractivity contribution in [1.82, 2.24) is 14.7 Å². The van der Waals surface area contributed by atoms with Crippen molar-refractivity contribution in [1.29, 1.82) is 4.78 Å². The Hall–Kier alpha value is -2.24. The summed E-state index contributed by atoms with van der Waals surface area (Å²) in [6.45, 7) is 8.11. The number of aliphatic hydroxyl groups excluding tert-OH is 1. The summed E-state index contributed by atoms with van der Waals surface area (Å²) in [5, 5.41) is 22.6. The van der Waals surface area contributed by atoms with E-state index in [1.165, 1.54) is 13.1 Å². The van der Waals surface area contributed by atoms with Crippen LogP contribution in [-0.4, -0.2) is 89.9 Å². The summed E-state index contributed by atoms with van der Waals surface area (Å²) in [6, 6.07) is -0.724. The van der Waals surface area contributed by atoms with E-state index >= 15 is 0 Å². The summed E-state index contributed by atoms with van der Waals surface area (Å²) in [6.07, 6.45) is 5.63. The first-order valence-electron chi connectivity index (χ1n) is 14.5. The number of nitrogens with one attached hydrogen (secondary N) is 3. The van der Waals surface area contributed by atoms with Gasteiger partial charge in [-0.05, 0) is 50.2 Å². The smallest absolute Gasteiger partial charge is 0.331 e. The van der Waals surface area contributed by atoms with Crippen molar-refractivity contribution in [3.63, 3.8) is 0 Å². The van der Waals surface area contributed by atoms with Gasteiger partial charge in [0.1, 0.15) is 14.8 Å². The summed E-state index contributed by atoms with van der Waals surface area (Å²) in [7, 11) is -3.74. The Morgan fingerprint density at radius 2 is 1.72 bits per heavy atom. The van der Waals surface area contributed by atoms with Crippen molar-refractivity contribution in [2.24, 2.45) is 0 Å². The normalized spacial score (nSPS) is 18.1. The summed E-state index contributed by atoms with van der Waals surface area (Å²) in [5.74, 6) is 0. The molecule has 2 aliphatic carbocycles. The van der Waals surface area contributed by atoms with Gasteiger partial charge in [-0.15, -0.1) is 11.3 Å². The third-order valence-corrected chi connectivity index (χ3v) is 10.5. The van der Waals surface area contributed by atoms with Gasteiger partial charge in [-0.3, -0.25) is 4.98 Å². The lowest BCUT2D eigenvalue weighted by Crippen LogP contribution is -2.34. The van der Waals surface area contributed by atoms with E-state index in [0.29, 0.717) is 33.0 Å². The average molecular weight is 642 g/mol. The number of hydrogen-bond donors (Lipinski definition) is 5. The minimum Gasteiger partial charge on any atom is -0.394 e. The Labute approximate surface area is 256 Å². The van der Waals surface area contributed by atoms with Gasteiger partial charge in [0, 0.05) is 11.1 Å². The van der Waals surface area contributed by atoms with Crippen LogP contribution in [0.15, 0.2) is 10.4 Å². The quantitative estimate of drug-likeness (QED) is 0.161. The number of ether oxygens (including phenoxy) is 4. The third kappa shape index (κ3) is 8.69.